The predicted octanol–water partition coefficient (Wildman–Crippen LogP) is 0.176. The molecule has 144 valence electrons. The number of aliphatic hydroxyl groups excluding tert-OH is 1. The molecule has 3 aliphatic rings. The third kappa shape index (κ3) is 2.96. The lowest BCUT2D eigenvalue weighted by molar-refractivity contribution is -0.884. The Labute approximate surface area is 151 Å². The summed E-state index contributed by atoms with van der Waals surface area (Å²) >= 11 is 0. The molecule has 0 spiro atoms. The first kappa shape index (κ1) is 19.0. The fraction of sp³-hybridized carbons (Fsp3) is 0.667. The number of allylic oxidation sites excluding steroid dienone is 1. The van der Waals surface area contributed by atoms with E-state index in [1.165, 1.54) is 13.0 Å². The molecule has 2 N–H and O–H groups in total. The summed E-state index contributed by atoms with van der Waals surface area (Å²) < 4.78 is 10.2. The standard InChI is InChI=1S/C18H25NO7/c1-4-11-7-10(2)18(3,23)17(22)25-9-12-13(20)8-19(24)6-5-14(15(12)19)26-16(11)21/h4,12-15,20,23H,2,5-9H2,1,3H3/b11-4-/t12-,13+,14+,15+,18+,19-/m0/s1. The average Bonchev–Trinajstić information content (AvgIpc) is 3.00. The molecule has 3 fully saturated rings. The molecule has 3 heterocycles. The van der Waals surface area contributed by atoms with E-state index in [1.807, 2.05) is 0 Å². The van der Waals surface area contributed by atoms with Gasteiger partial charge in [-0.2, -0.15) is 0 Å². The van der Waals surface area contributed by atoms with E-state index in [0.717, 1.165) is 0 Å². The van der Waals surface area contributed by atoms with Crippen molar-refractivity contribution in [2.24, 2.45) is 5.92 Å². The van der Waals surface area contributed by atoms with Crippen LogP contribution in [0.3, 0.4) is 0 Å². The van der Waals surface area contributed by atoms with Gasteiger partial charge in [0.1, 0.15) is 25.3 Å². The Bertz CT molecular complexity index is 670. The van der Waals surface area contributed by atoms with E-state index in [0.29, 0.717) is 6.42 Å². The number of cyclic esters (lactones) is 1. The number of hydrogen-bond acceptors (Lipinski definition) is 7. The summed E-state index contributed by atoms with van der Waals surface area (Å²) in [5.41, 5.74) is -1.64. The average molecular weight is 367 g/mol. The van der Waals surface area contributed by atoms with Gasteiger partial charge in [0.25, 0.3) is 0 Å². The van der Waals surface area contributed by atoms with Crippen LogP contribution in [0.1, 0.15) is 26.7 Å². The second-order valence-electron chi connectivity index (χ2n) is 7.58. The van der Waals surface area contributed by atoms with Gasteiger partial charge < -0.3 is 29.5 Å². The molecule has 0 unspecified atom stereocenters. The number of carbonyl (C=O) groups is 2. The Kier molecular flexibility index (Phi) is 4.72. The van der Waals surface area contributed by atoms with Gasteiger partial charge in [0.15, 0.2) is 11.7 Å². The minimum absolute atomic E-state index is 0.0273. The van der Waals surface area contributed by atoms with E-state index in [9.17, 15) is 25.0 Å². The number of rotatable bonds is 0. The number of quaternary nitrogens is 1. The number of nitrogens with zero attached hydrogens (tertiary/aromatic N) is 1. The zero-order chi connectivity index (χ0) is 19.3. The Balaban J connectivity index is 1.97. The van der Waals surface area contributed by atoms with Gasteiger partial charge in [0.05, 0.1) is 12.5 Å². The second-order valence-corrected chi connectivity index (χ2v) is 7.58. The highest BCUT2D eigenvalue weighted by molar-refractivity contribution is 5.90. The Morgan fingerprint density at radius 3 is 2.77 bits per heavy atom. The fourth-order valence-electron chi connectivity index (χ4n) is 4.19. The van der Waals surface area contributed by atoms with Crippen LogP contribution in [0.2, 0.25) is 0 Å². The lowest BCUT2D eigenvalue weighted by Gasteiger charge is -2.40. The number of esters is 2. The highest BCUT2D eigenvalue weighted by atomic mass is 16.6. The molecule has 3 rings (SSSR count). The molecule has 8 nitrogen and oxygen atoms in total. The van der Waals surface area contributed by atoms with Gasteiger partial charge in [0.2, 0.25) is 0 Å². The number of aliphatic hydroxyl groups is 2. The summed E-state index contributed by atoms with van der Waals surface area (Å²) in [6.45, 7) is 6.60. The second kappa shape index (κ2) is 6.45. The molecule has 0 bridgehead atoms. The Morgan fingerprint density at radius 2 is 2.12 bits per heavy atom. The molecular weight excluding hydrogens is 342 g/mol. The summed E-state index contributed by atoms with van der Waals surface area (Å²) in [5.74, 6) is -2.17. The van der Waals surface area contributed by atoms with E-state index >= 15 is 0 Å². The zero-order valence-electron chi connectivity index (χ0n) is 15.0. The molecule has 0 aliphatic carbocycles. The lowest BCUT2D eigenvalue weighted by Crippen LogP contribution is -2.49. The van der Waals surface area contributed by atoms with Gasteiger partial charge in [-0.3, -0.25) is 0 Å². The van der Waals surface area contributed by atoms with Crippen LogP contribution in [0.25, 0.3) is 0 Å². The van der Waals surface area contributed by atoms with Crippen LogP contribution in [-0.2, 0) is 19.1 Å². The molecule has 26 heavy (non-hydrogen) atoms. The van der Waals surface area contributed by atoms with Crippen molar-refractivity contribution in [3.05, 3.63) is 29.0 Å². The highest BCUT2D eigenvalue weighted by Gasteiger charge is 2.58. The lowest BCUT2D eigenvalue weighted by atomic mass is 9.90. The molecule has 8 heteroatoms. The first-order valence-electron chi connectivity index (χ1n) is 8.80. The van der Waals surface area contributed by atoms with Gasteiger partial charge in [-0.15, -0.1) is 0 Å². The summed E-state index contributed by atoms with van der Waals surface area (Å²) in [6, 6.07) is -0.688. The maximum Gasteiger partial charge on any atom is 0.342 e. The van der Waals surface area contributed by atoms with Crippen LogP contribution >= 0.6 is 0 Å². The third-order valence-electron chi connectivity index (χ3n) is 5.91. The van der Waals surface area contributed by atoms with Crippen molar-refractivity contribution in [1.82, 2.24) is 0 Å². The van der Waals surface area contributed by atoms with Crippen LogP contribution in [0.4, 0.5) is 0 Å². The van der Waals surface area contributed by atoms with Crippen molar-refractivity contribution in [2.75, 3.05) is 19.7 Å². The van der Waals surface area contributed by atoms with Gasteiger partial charge in [-0.1, -0.05) is 12.7 Å². The predicted molar refractivity (Wildman–Crippen MR) is 90.2 cm³/mol. The zero-order valence-corrected chi connectivity index (χ0v) is 15.0. The minimum Gasteiger partial charge on any atom is -0.632 e. The van der Waals surface area contributed by atoms with Crippen LogP contribution < -0.4 is 0 Å². The van der Waals surface area contributed by atoms with E-state index in [4.69, 9.17) is 9.47 Å². The van der Waals surface area contributed by atoms with Crippen LogP contribution in [0, 0.1) is 11.1 Å². The molecular formula is C18H25NO7. The van der Waals surface area contributed by atoms with Gasteiger partial charge in [0, 0.05) is 18.4 Å². The highest BCUT2D eigenvalue weighted by Crippen LogP contribution is 2.42. The Hall–Kier alpha value is -1.74. The van der Waals surface area contributed by atoms with Crippen molar-refractivity contribution in [3.8, 4) is 0 Å². The molecule has 6 atom stereocenters. The fourth-order valence-corrected chi connectivity index (χ4v) is 4.19. The first-order valence-corrected chi connectivity index (χ1v) is 8.80. The smallest absolute Gasteiger partial charge is 0.342 e. The first-order chi connectivity index (χ1) is 12.1. The van der Waals surface area contributed by atoms with E-state index in [1.54, 1.807) is 6.92 Å². The minimum atomic E-state index is -1.99. The molecule has 0 amide bonds. The normalized spacial score (nSPS) is 45.6. The van der Waals surface area contributed by atoms with Crippen molar-refractivity contribution < 1.29 is 33.9 Å². The third-order valence-corrected chi connectivity index (χ3v) is 5.91. The van der Waals surface area contributed by atoms with Gasteiger partial charge in [-0.05, 0) is 19.4 Å². The maximum atomic E-state index is 13.0. The van der Waals surface area contributed by atoms with Crippen molar-refractivity contribution in [3.63, 3.8) is 0 Å². The van der Waals surface area contributed by atoms with Crippen LogP contribution in [0.5, 0.6) is 0 Å². The number of hydrogen-bond donors (Lipinski definition) is 2. The van der Waals surface area contributed by atoms with E-state index in [-0.39, 0.29) is 37.3 Å². The Morgan fingerprint density at radius 1 is 1.42 bits per heavy atom. The summed E-state index contributed by atoms with van der Waals surface area (Å²) in [7, 11) is 0. The molecule has 0 saturated carbocycles. The molecule has 3 saturated heterocycles. The topological polar surface area (TPSA) is 116 Å². The number of hydroxylamine groups is 3. The molecule has 0 aromatic heterocycles. The molecule has 0 radical (unpaired) electrons. The monoisotopic (exact) mass is 367 g/mol. The quantitative estimate of drug-likeness (QED) is 0.206. The molecule has 3 aliphatic heterocycles. The van der Waals surface area contributed by atoms with Crippen LogP contribution in [-0.4, -0.2) is 70.3 Å². The van der Waals surface area contributed by atoms with E-state index in [2.05, 4.69) is 6.58 Å². The van der Waals surface area contributed by atoms with Crippen molar-refractivity contribution in [1.29, 1.82) is 0 Å². The maximum absolute atomic E-state index is 13.0. The number of ether oxygens (including phenoxy) is 2. The summed E-state index contributed by atoms with van der Waals surface area (Å²) in [6.07, 6.45) is 0.272. The van der Waals surface area contributed by atoms with Crippen molar-refractivity contribution >= 4 is 11.9 Å². The van der Waals surface area contributed by atoms with Crippen LogP contribution in [0.15, 0.2) is 23.8 Å². The van der Waals surface area contributed by atoms with E-state index < -0.39 is 46.4 Å². The summed E-state index contributed by atoms with van der Waals surface area (Å²) in [4.78, 5) is 24.9. The largest absolute Gasteiger partial charge is 0.632 e. The summed E-state index contributed by atoms with van der Waals surface area (Å²) in [5, 5.41) is 33.8. The molecule has 0 aromatic rings. The van der Waals surface area contributed by atoms with Crippen molar-refractivity contribution in [2.45, 2.75) is 50.5 Å². The SMILES string of the molecule is C=C1C/C(=C/C)C(=O)O[C@@H]2CC[N@+]3([O-])C[C@@H](O)[C@H](COC(=O)[C@]1(C)O)[C@H]23. The molecule has 0 aromatic carbocycles. The van der Waals surface area contributed by atoms with Gasteiger partial charge in [-0.25, -0.2) is 9.59 Å². The van der Waals surface area contributed by atoms with Gasteiger partial charge >= 0.3 is 11.9 Å². The number of carbonyl (C=O) groups excluding carboxylic acids is 2.